The van der Waals surface area contributed by atoms with Crippen LogP contribution in [0.4, 0.5) is 0 Å². The SMILES string of the molecule is Cc1ccc(C#CCC#N)c(C#N)c1. The molecule has 0 bridgehead atoms. The highest BCUT2D eigenvalue weighted by Gasteiger charge is 1.97. The van der Waals surface area contributed by atoms with Gasteiger partial charge in [0.05, 0.1) is 18.1 Å². The van der Waals surface area contributed by atoms with Gasteiger partial charge in [0.2, 0.25) is 0 Å². The summed E-state index contributed by atoms with van der Waals surface area (Å²) in [4.78, 5) is 0. The average Bonchev–Trinajstić information content (AvgIpc) is 2.20. The van der Waals surface area contributed by atoms with Gasteiger partial charge in [-0.2, -0.15) is 10.5 Å². The van der Waals surface area contributed by atoms with E-state index in [9.17, 15) is 0 Å². The number of nitriles is 2. The summed E-state index contributed by atoms with van der Waals surface area (Å²) < 4.78 is 0. The third kappa shape index (κ3) is 2.37. The molecule has 1 rings (SSSR count). The largest absolute Gasteiger partial charge is 0.197 e. The van der Waals surface area contributed by atoms with Crippen molar-refractivity contribution >= 4 is 0 Å². The van der Waals surface area contributed by atoms with Crippen LogP contribution in [0.2, 0.25) is 0 Å². The minimum Gasteiger partial charge on any atom is -0.197 e. The fourth-order valence-electron chi connectivity index (χ4n) is 1.04. The molecule has 0 unspecified atom stereocenters. The molecule has 0 fully saturated rings. The number of nitrogens with zero attached hydrogens (tertiary/aromatic N) is 2. The molecule has 0 N–H and O–H groups in total. The lowest BCUT2D eigenvalue weighted by molar-refractivity contribution is 1.38. The van der Waals surface area contributed by atoms with Crippen molar-refractivity contribution in [3.8, 4) is 24.0 Å². The van der Waals surface area contributed by atoms with Gasteiger partial charge in [-0.05, 0) is 24.6 Å². The van der Waals surface area contributed by atoms with E-state index in [-0.39, 0.29) is 6.42 Å². The van der Waals surface area contributed by atoms with Gasteiger partial charge in [-0.1, -0.05) is 17.9 Å². The predicted octanol–water partition coefficient (Wildman–Crippen LogP) is 2.13. The zero-order valence-corrected chi connectivity index (χ0v) is 7.83. The van der Waals surface area contributed by atoms with E-state index in [0.29, 0.717) is 11.1 Å². The Morgan fingerprint density at radius 2 is 2.00 bits per heavy atom. The first kappa shape index (κ1) is 9.85. The minimum atomic E-state index is 0.193. The van der Waals surface area contributed by atoms with E-state index in [1.807, 2.05) is 19.1 Å². The molecule has 0 heterocycles. The molecule has 0 amide bonds. The monoisotopic (exact) mass is 180 g/mol. The highest BCUT2D eigenvalue weighted by molar-refractivity contribution is 5.49. The van der Waals surface area contributed by atoms with Crippen molar-refractivity contribution in [2.24, 2.45) is 0 Å². The van der Waals surface area contributed by atoms with Crippen LogP contribution in [0.5, 0.6) is 0 Å². The van der Waals surface area contributed by atoms with Crippen LogP contribution in [-0.4, -0.2) is 0 Å². The maximum Gasteiger partial charge on any atom is 0.100 e. The predicted molar refractivity (Wildman–Crippen MR) is 53.0 cm³/mol. The summed E-state index contributed by atoms with van der Waals surface area (Å²) in [6.45, 7) is 1.92. The first-order chi connectivity index (χ1) is 6.77. The van der Waals surface area contributed by atoms with Crippen molar-refractivity contribution in [1.29, 1.82) is 10.5 Å². The van der Waals surface area contributed by atoms with Gasteiger partial charge in [0.25, 0.3) is 0 Å². The molecule has 2 nitrogen and oxygen atoms in total. The molecule has 66 valence electrons. The number of rotatable bonds is 0. The lowest BCUT2D eigenvalue weighted by atomic mass is 10.1. The zero-order chi connectivity index (χ0) is 10.4. The highest BCUT2D eigenvalue weighted by Crippen LogP contribution is 2.09. The molecule has 1 aromatic carbocycles. The summed E-state index contributed by atoms with van der Waals surface area (Å²) in [5.74, 6) is 5.48. The Balaban J connectivity index is 3.07. The van der Waals surface area contributed by atoms with Crippen LogP contribution in [0.3, 0.4) is 0 Å². The van der Waals surface area contributed by atoms with Crippen molar-refractivity contribution in [1.82, 2.24) is 0 Å². The van der Waals surface area contributed by atoms with E-state index < -0.39 is 0 Å². The summed E-state index contributed by atoms with van der Waals surface area (Å²) >= 11 is 0. The normalized spacial score (nSPS) is 7.93. The quantitative estimate of drug-likeness (QED) is 0.574. The molecule has 0 radical (unpaired) electrons. The van der Waals surface area contributed by atoms with Crippen molar-refractivity contribution in [3.63, 3.8) is 0 Å². The van der Waals surface area contributed by atoms with Gasteiger partial charge in [0, 0.05) is 5.56 Å². The third-order valence-corrected chi connectivity index (χ3v) is 1.69. The van der Waals surface area contributed by atoms with Gasteiger partial charge in [0.1, 0.15) is 6.07 Å². The van der Waals surface area contributed by atoms with E-state index in [1.54, 1.807) is 12.1 Å². The summed E-state index contributed by atoms with van der Waals surface area (Å²) in [6.07, 6.45) is 0.193. The second-order valence-electron chi connectivity index (χ2n) is 2.80. The Labute approximate surface area is 83.4 Å². The number of hydrogen-bond acceptors (Lipinski definition) is 2. The van der Waals surface area contributed by atoms with Crippen LogP contribution < -0.4 is 0 Å². The summed E-state index contributed by atoms with van der Waals surface area (Å²) in [5.41, 5.74) is 2.29. The first-order valence-electron chi connectivity index (χ1n) is 4.14. The van der Waals surface area contributed by atoms with Gasteiger partial charge in [-0.15, -0.1) is 0 Å². The van der Waals surface area contributed by atoms with Crippen LogP contribution in [-0.2, 0) is 0 Å². The molecule has 0 saturated heterocycles. The van der Waals surface area contributed by atoms with Crippen molar-refractivity contribution in [2.75, 3.05) is 0 Å². The topological polar surface area (TPSA) is 47.6 Å². The molecule has 0 spiro atoms. The van der Waals surface area contributed by atoms with Gasteiger partial charge in [-0.25, -0.2) is 0 Å². The Morgan fingerprint density at radius 1 is 1.21 bits per heavy atom. The molecule has 0 aliphatic carbocycles. The van der Waals surface area contributed by atoms with E-state index in [2.05, 4.69) is 17.9 Å². The molecule has 0 aliphatic heterocycles. The number of benzene rings is 1. The van der Waals surface area contributed by atoms with Crippen LogP contribution in [0.15, 0.2) is 18.2 Å². The average molecular weight is 180 g/mol. The molecule has 1 aromatic rings. The molecule has 0 aromatic heterocycles. The molecule has 0 saturated carbocycles. The zero-order valence-electron chi connectivity index (χ0n) is 7.83. The van der Waals surface area contributed by atoms with Crippen LogP contribution in [0.25, 0.3) is 0 Å². The smallest absolute Gasteiger partial charge is 0.100 e. The maximum atomic E-state index is 8.82. The number of aryl methyl sites for hydroxylation is 1. The molecular weight excluding hydrogens is 172 g/mol. The second-order valence-corrected chi connectivity index (χ2v) is 2.80. The van der Waals surface area contributed by atoms with E-state index in [4.69, 9.17) is 10.5 Å². The van der Waals surface area contributed by atoms with Crippen molar-refractivity contribution in [2.45, 2.75) is 13.3 Å². The lowest BCUT2D eigenvalue weighted by Crippen LogP contribution is -1.84. The van der Waals surface area contributed by atoms with Gasteiger partial charge < -0.3 is 0 Å². The molecule has 0 atom stereocenters. The third-order valence-electron chi connectivity index (χ3n) is 1.69. The van der Waals surface area contributed by atoms with Crippen LogP contribution >= 0.6 is 0 Å². The summed E-state index contributed by atoms with van der Waals surface area (Å²) in [7, 11) is 0. The van der Waals surface area contributed by atoms with E-state index in [1.165, 1.54) is 0 Å². The lowest BCUT2D eigenvalue weighted by Gasteiger charge is -1.96. The standard InChI is InChI=1S/C12H8N2/c1-10-5-6-11(4-2-3-7-13)12(8-10)9-14/h5-6,8H,3H2,1H3. The number of hydrogen-bond donors (Lipinski definition) is 0. The highest BCUT2D eigenvalue weighted by atomic mass is 14.2. The maximum absolute atomic E-state index is 8.82. The molecule has 14 heavy (non-hydrogen) atoms. The Kier molecular flexibility index (Phi) is 3.31. The Bertz CT molecular complexity index is 476. The first-order valence-corrected chi connectivity index (χ1v) is 4.14. The van der Waals surface area contributed by atoms with E-state index >= 15 is 0 Å². The van der Waals surface area contributed by atoms with Crippen LogP contribution in [0.1, 0.15) is 23.1 Å². The Hall–Kier alpha value is -2.24. The van der Waals surface area contributed by atoms with Gasteiger partial charge in [0.15, 0.2) is 0 Å². The molecular formula is C12H8N2. The summed E-state index contributed by atoms with van der Waals surface area (Å²) in [5, 5.41) is 17.1. The Morgan fingerprint density at radius 3 is 2.64 bits per heavy atom. The minimum absolute atomic E-state index is 0.193. The second kappa shape index (κ2) is 4.70. The van der Waals surface area contributed by atoms with E-state index in [0.717, 1.165) is 5.56 Å². The van der Waals surface area contributed by atoms with Crippen LogP contribution in [0, 0.1) is 41.4 Å². The van der Waals surface area contributed by atoms with Gasteiger partial charge >= 0.3 is 0 Å². The molecule has 0 aliphatic rings. The summed E-state index contributed by atoms with van der Waals surface area (Å²) in [6, 6.07) is 9.50. The van der Waals surface area contributed by atoms with Gasteiger partial charge in [-0.3, -0.25) is 0 Å². The van der Waals surface area contributed by atoms with Crippen molar-refractivity contribution < 1.29 is 0 Å². The fraction of sp³-hybridized carbons (Fsp3) is 0.167. The van der Waals surface area contributed by atoms with Crippen molar-refractivity contribution in [3.05, 3.63) is 34.9 Å². The molecule has 2 heteroatoms. The fourth-order valence-corrected chi connectivity index (χ4v) is 1.04.